The number of esters is 1. The second-order valence-corrected chi connectivity index (χ2v) is 9.34. The van der Waals surface area contributed by atoms with Crippen molar-refractivity contribution in [2.45, 2.75) is 45.9 Å². The minimum atomic E-state index is -0.957. The summed E-state index contributed by atoms with van der Waals surface area (Å²) in [4.78, 5) is 33.6. The number of benzene rings is 3. The maximum atomic E-state index is 13.5. The van der Waals surface area contributed by atoms with Crippen LogP contribution in [0.2, 0.25) is 0 Å². The Hall–Kier alpha value is -3.77. The molecule has 0 spiro atoms. The molecule has 178 valence electrons. The molecule has 0 saturated carbocycles. The maximum Gasteiger partial charge on any atom is 0.339 e. The van der Waals surface area contributed by atoms with Crippen LogP contribution in [0.1, 0.15) is 42.4 Å². The van der Waals surface area contributed by atoms with Gasteiger partial charge in [-0.2, -0.15) is 0 Å². The second-order valence-electron chi connectivity index (χ2n) is 9.34. The van der Waals surface area contributed by atoms with E-state index in [4.69, 9.17) is 9.72 Å². The van der Waals surface area contributed by atoms with E-state index in [1.54, 1.807) is 6.92 Å². The van der Waals surface area contributed by atoms with Crippen molar-refractivity contribution >= 4 is 39.2 Å². The number of aromatic nitrogens is 1. The third-order valence-corrected chi connectivity index (χ3v) is 6.68. The topological polar surface area (TPSA) is 71.5 Å². The molecule has 4 aromatic rings. The van der Waals surface area contributed by atoms with Crippen LogP contribution in [0.15, 0.2) is 66.7 Å². The predicted molar refractivity (Wildman–Crippen MR) is 138 cm³/mol. The number of hydrogen-bond acceptors (Lipinski definition) is 5. The van der Waals surface area contributed by atoms with Gasteiger partial charge in [0, 0.05) is 47.9 Å². The second kappa shape index (κ2) is 9.47. The van der Waals surface area contributed by atoms with Crippen LogP contribution >= 0.6 is 0 Å². The summed E-state index contributed by atoms with van der Waals surface area (Å²) in [6.07, 6.45) is -0.183. The van der Waals surface area contributed by atoms with Crippen LogP contribution in [0.3, 0.4) is 0 Å². The monoisotopic (exact) mass is 467 g/mol. The van der Waals surface area contributed by atoms with Gasteiger partial charge in [-0.3, -0.25) is 14.7 Å². The van der Waals surface area contributed by atoms with E-state index in [1.165, 1.54) is 0 Å². The first-order valence-corrected chi connectivity index (χ1v) is 12.1. The van der Waals surface area contributed by atoms with Crippen LogP contribution in [0.4, 0.5) is 5.69 Å². The molecule has 1 aliphatic rings. The number of amides is 1. The zero-order chi connectivity index (χ0) is 24.5. The first-order valence-electron chi connectivity index (χ1n) is 12.1. The first kappa shape index (κ1) is 23.0. The summed E-state index contributed by atoms with van der Waals surface area (Å²) in [5.41, 5.74) is 3.78. The van der Waals surface area contributed by atoms with Gasteiger partial charge in [0.1, 0.15) is 0 Å². The lowest BCUT2D eigenvalue weighted by Gasteiger charge is -2.32. The number of anilines is 1. The fraction of sp³-hybridized carbons (Fsp3) is 0.276. The van der Waals surface area contributed by atoms with E-state index in [1.807, 2.05) is 66.7 Å². The van der Waals surface area contributed by atoms with Gasteiger partial charge in [0.05, 0.1) is 11.1 Å². The van der Waals surface area contributed by atoms with Gasteiger partial charge >= 0.3 is 5.97 Å². The summed E-state index contributed by atoms with van der Waals surface area (Å²) < 4.78 is 5.73. The Balaban J connectivity index is 1.40. The van der Waals surface area contributed by atoms with E-state index in [-0.39, 0.29) is 5.91 Å². The number of para-hydroxylation sites is 1. The molecular formula is C29H29N3O3. The molecule has 5 rings (SSSR count). The minimum Gasteiger partial charge on any atom is -0.449 e. The average molecular weight is 468 g/mol. The lowest BCUT2D eigenvalue weighted by atomic mass is 9.95. The van der Waals surface area contributed by atoms with E-state index >= 15 is 0 Å². The predicted octanol–water partition coefficient (Wildman–Crippen LogP) is 5.34. The molecule has 1 atom stereocenters. The lowest BCUT2D eigenvalue weighted by molar-refractivity contribution is -0.123. The van der Waals surface area contributed by atoms with Gasteiger partial charge in [-0.1, -0.05) is 48.5 Å². The third-order valence-electron chi connectivity index (χ3n) is 6.68. The molecule has 0 aliphatic carbocycles. The summed E-state index contributed by atoms with van der Waals surface area (Å²) >= 11 is 0. The number of carbonyl (C=O) groups excluding carboxylic acids is 2. The highest BCUT2D eigenvalue weighted by molar-refractivity contribution is 6.06. The molecular weight excluding hydrogens is 438 g/mol. The van der Waals surface area contributed by atoms with Crippen molar-refractivity contribution < 1.29 is 14.3 Å². The third kappa shape index (κ3) is 4.62. The molecule has 1 aliphatic heterocycles. The SMILES string of the molecule is CC(OC(=O)c1c2c(nc3ccccc13)CCN(C(C)C)C2)C(=O)Nc1ccc2ccccc2c1. The van der Waals surface area contributed by atoms with Crippen molar-refractivity contribution in [3.05, 3.63) is 83.6 Å². The molecule has 1 N–H and O–H groups in total. The molecule has 6 nitrogen and oxygen atoms in total. The largest absolute Gasteiger partial charge is 0.449 e. The molecule has 35 heavy (non-hydrogen) atoms. The molecule has 2 heterocycles. The number of hydrogen-bond donors (Lipinski definition) is 1. The minimum absolute atomic E-state index is 0.352. The fourth-order valence-corrected chi connectivity index (χ4v) is 4.67. The molecule has 1 unspecified atom stereocenters. The molecule has 0 bridgehead atoms. The molecule has 6 heteroatoms. The maximum absolute atomic E-state index is 13.5. The molecule has 0 fully saturated rings. The molecule has 3 aromatic carbocycles. The summed E-state index contributed by atoms with van der Waals surface area (Å²) in [7, 11) is 0. The highest BCUT2D eigenvalue weighted by Crippen LogP contribution is 2.30. The summed E-state index contributed by atoms with van der Waals surface area (Å²) in [6, 6.07) is 21.6. The normalized spacial score (nSPS) is 14.6. The van der Waals surface area contributed by atoms with E-state index in [0.29, 0.717) is 23.8 Å². The van der Waals surface area contributed by atoms with Crippen LogP contribution in [0.5, 0.6) is 0 Å². The Bertz CT molecular complexity index is 1430. The molecule has 1 amide bonds. The fourth-order valence-electron chi connectivity index (χ4n) is 4.67. The van der Waals surface area contributed by atoms with Crippen LogP contribution in [0.25, 0.3) is 21.7 Å². The number of carbonyl (C=O) groups is 2. The van der Waals surface area contributed by atoms with Gasteiger partial charge in [-0.05, 0) is 49.7 Å². The van der Waals surface area contributed by atoms with Gasteiger partial charge in [0.2, 0.25) is 0 Å². The van der Waals surface area contributed by atoms with E-state index in [2.05, 4.69) is 24.1 Å². The summed E-state index contributed by atoms with van der Waals surface area (Å²) in [6.45, 7) is 7.43. The molecule has 0 saturated heterocycles. The molecule has 0 radical (unpaired) electrons. The Morgan fingerprint density at radius 1 is 0.971 bits per heavy atom. The first-order chi connectivity index (χ1) is 16.9. The van der Waals surface area contributed by atoms with Crippen molar-refractivity contribution in [3.63, 3.8) is 0 Å². The Morgan fingerprint density at radius 3 is 2.51 bits per heavy atom. The summed E-state index contributed by atoms with van der Waals surface area (Å²) in [5, 5.41) is 5.75. The van der Waals surface area contributed by atoms with Gasteiger partial charge < -0.3 is 10.1 Å². The Morgan fingerprint density at radius 2 is 1.71 bits per heavy atom. The van der Waals surface area contributed by atoms with E-state index in [0.717, 1.165) is 45.9 Å². The van der Waals surface area contributed by atoms with Crippen LogP contribution in [-0.2, 0) is 22.5 Å². The van der Waals surface area contributed by atoms with Crippen molar-refractivity contribution in [1.82, 2.24) is 9.88 Å². The van der Waals surface area contributed by atoms with Crippen LogP contribution in [0, 0.1) is 0 Å². The number of nitrogens with zero attached hydrogens (tertiary/aromatic N) is 2. The zero-order valence-corrected chi connectivity index (χ0v) is 20.2. The number of fused-ring (bicyclic) bond motifs is 3. The quantitative estimate of drug-likeness (QED) is 0.401. The zero-order valence-electron chi connectivity index (χ0n) is 20.2. The average Bonchev–Trinajstić information content (AvgIpc) is 2.86. The number of nitrogens with one attached hydrogen (secondary N) is 1. The molecule has 1 aromatic heterocycles. The van der Waals surface area contributed by atoms with Crippen molar-refractivity contribution in [1.29, 1.82) is 0 Å². The Kier molecular flexibility index (Phi) is 6.22. The van der Waals surface area contributed by atoms with Gasteiger partial charge in [-0.25, -0.2) is 4.79 Å². The van der Waals surface area contributed by atoms with E-state index < -0.39 is 12.1 Å². The number of rotatable bonds is 5. The van der Waals surface area contributed by atoms with Crippen molar-refractivity contribution in [2.75, 3.05) is 11.9 Å². The summed E-state index contributed by atoms with van der Waals surface area (Å²) in [5.74, 6) is -0.865. The van der Waals surface area contributed by atoms with Gasteiger partial charge in [0.15, 0.2) is 6.10 Å². The van der Waals surface area contributed by atoms with Gasteiger partial charge in [-0.15, -0.1) is 0 Å². The number of ether oxygens (including phenoxy) is 1. The number of pyridine rings is 1. The van der Waals surface area contributed by atoms with Gasteiger partial charge in [0.25, 0.3) is 5.91 Å². The van der Waals surface area contributed by atoms with Crippen LogP contribution < -0.4 is 5.32 Å². The lowest BCUT2D eigenvalue weighted by Crippen LogP contribution is -2.37. The standard InChI is InChI=1S/C29H29N3O3/c1-18(2)32-15-14-26-24(17-32)27(23-10-6-7-11-25(23)31-26)29(34)35-19(3)28(33)30-22-13-12-20-8-4-5-9-21(20)16-22/h4-13,16,18-19H,14-15,17H2,1-3H3,(H,30,33). The van der Waals surface area contributed by atoms with E-state index in [9.17, 15) is 9.59 Å². The smallest absolute Gasteiger partial charge is 0.339 e. The van der Waals surface area contributed by atoms with Crippen molar-refractivity contribution in [3.8, 4) is 0 Å². The highest BCUT2D eigenvalue weighted by atomic mass is 16.5. The van der Waals surface area contributed by atoms with Crippen molar-refractivity contribution in [2.24, 2.45) is 0 Å². The highest BCUT2D eigenvalue weighted by Gasteiger charge is 2.29. The van der Waals surface area contributed by atoms with Crippen LogP contribution in [-0.4, -0.2) is 40.5 Å². The Labute approximate surface area is 204 Å².